The summed E-state index contributed by atoms with van der Waals surface area (Å²) in [5.41, 5.74) is 1.50. The first-order chi connectivity index (χ1) is 9.29. The molecule has 5 nitrogen and oxygen atoms in total. The van der Waals surface area contributed by atoms with Crippen LogP contribution in [0.5, 0.6) is 0 Å². The number of hydrogen-bond donors (Lipinski definition) is 1. The van der Waals surface area contributed by atoms with Gasteiger partial charge in [0.15, 0.2) is 5.89 Å². The Morgan fingerprint density at radius 1 is 1.30 bits per heavy atom. The van der Waals surface area contributed by atoms with Crippen LogP contribution in [0.3, 0.4) is 0 Å². The molecule has 0 aliphatic rings. The lowest BCUT2D eigenvalue weighted by Crippen LogP contribution is -2.23. The summed E-state index contributed by atoms with van der Waals surface area (Å²) in [5, 5.41) is 0.416. The number of halogens is 1. The maximum absolute atomic E-state index is 12.2. The number of rotatable bonds is 4. The van der Waals surface area contributed by atoms with Gasteiger partial charge in [-0.25, -0.2) is 18.1 Å². The fraction of sp³-hybridized carbons (Fsp3) is 0.308. The SMILES string of the molecule is Cc1nc(C)c(CNS(=O)(=O)c2ccc(C)c(Cl)c2)o1. The molecule has 0 unspecified atom stereocenters. The van der Waals surface area contributed by atoms with Crippen LogP contribution < -0.4 is 4.72 Å². The maximum atomic E-state index is 12.2. The molecule has 1 N–H and O–H groups in total. The van der Waals surface area contributed by atoms with E-state index in [4.69, 9.17) is 16.0 Å². The molecular formula is C13H15ClN2O3S. The third-order valence-corrected chi connectivity index (χ3v) is 4.68. The van der Waals surface area contributed by atoms with E-state index >= 15 is 0 Å². The van der Waals surface area contributed by atoms with E-state index in [1.165, 1.54) is 12.1 Å². The Kier molecular flexibility index (Phi) is 4.17. The lowest BCUT2D eigenvalue weighted by Gasteiger charge is -2.07. The minimum absolute atomic E-state index is 0.0561. The second-order valence-electron chi connectivity index (χ2n) is 4.48. The molecule has 1 aromatic carbocycles. The van der Waals surface area contributed by atoms with Crippen molar-refractivity contribution in [2.45, 2.75) is 32.2 Å². The summed E-state index contributed by atoms with van der Waals surface area (Å²) in [7, 11) is -3.63. The third kappa shape index (κ3) is 3.20. The number of benzene rings is 1. The zero-order chi connectivity index (χ0) is 14.9. The molecule has 0 radical (unpaired) electrons. The van der Waals surface area contributed by atoms with Gasteiger partial charge in [-0.15, -0.1) is 0 Å². The van der Waals surface area contributed by atoms with E-state index in [1.807, 2.05) is 6.92 Å². The molecule has 0 bridgehead atoms. The second-order valence-corrected chi connectivity index (χ2v) is 6.65. The standard InChI is InChI=1S/C13H15ClN2O3S/c1-8-4-5-11(6-12(8)14)20(17,18)15-7-13-9(2)16-10(3)19-13/h4-6,15H,7H2,1-3H3. The van der Waals surface area contributed by atoms with Gasteiger partial charge in [0.2, 0.25) is 10.0 Å². The lowest BCUT2D eigenvalue weighted by molar-refractivity contribution is 0.466. The maximum Gasteiger partial charge on any atom is 0.241 e. The van der Waals surface area contributed by atoms with E-state index in [0.29, 0.717) is 22.4 Å². The van der Waals surface area contributed by atoms with Crippen molar-refractivity contribution in [3.8, 4) is 0 Å². The average molecular weight is 315 g/mol. The largest absolute Gasteiger partial charge is 0.444 e. The van der Waals surface area contributed by atoms with Crippen molar-refractivity contribution in [2.75, 3.05) is 0 Å². The highest BCUT2D eigenvalue weighted by atomic mass is 35.5. The van der Waals surface area contributed by atoms with Crippen LogP contribution in [-0.2, 0) is 16.6 Å². The number of sulfonamides is 1. The summed E-state index contributed by atoms with van der Waals surface area (Å²) in [6.45, 7) is 5.35. The second kappa shape index (κ2) is 5.55. The summed E-state index contributed by atoms with van der Waals surface area (Å²) in [4.78, 5) is 4.21. The number of nitrogens with one attached hydrogen (secondary N) is 1. The van der Waals surface area contributed by atoms with E-state index in [1.54, 1.807) is 19.9 Å². The molecule has 2 aromatic rings. The molecule has 0 atom stereocenters. The molecule has 0 aliphatic heterocycles. The Labute approximate surface area is 123 Å². The van der Waals surface area contributed by atoms with Crippen molar-refractivity contribution >= 4 is 21.6 Å². The smallest absolute Gasteiger partial charge is 0.241 e. The molecule has 20 heavy (non-hydrogen) atoms. The van der Waals surface area contributed by atoms with Crippen molar-refractivity contribution < 1.29 is 12.8 Å². The lowest BCUT2D eigenvalue weighted by atomic mass is 10.2. The van der Waals surface area contributed by atoms with E-state index in [0.717, 1.165) is 5.56 Å². The van der Waals surface area contributed by atoms with Gasteiger partial charge in [0.1, 0.15) is 5.76 Å². The van der Waals surface area contributed by atoms with Gasteiger partial charge in [0.05, 0.1) is 17.1 Å². The first-order valence-electron chi connectivity index (χ1n) is 5.98. The zero-order valence-corrected chi connectivity index (χ0v) is 13.0. The number of oxazole rings is 1. The minimum Gasteiger partial charge on any atom is -0.444 e. The van der Waals surface area contributed by atoms with Crippen molar-refractivity contribution in [3.63, 3.8) is 0 Å². The van der Waals surface area contributed by atoms with Crippen molar-refractivity contribution in [1.82, 2.24) is 9.71 Å². The first kappa shape index (κ1) is 15.0. The molecule has 108 valence electrons. The predicted octanol–water partition coefficient (Wildman–Crippen LogP) is 2.73. The highest BCUT2D eigenvalue weighted by molar-refractivity contribution is 7.89. The van der Waals surface area contributed by atoms with Crippen LogP contribution in [0, 0.1) is 20.8 Å². The number of nitrogens with zero attached hydrogens (tertiary/aromatic N) is 1. The molecule has 1 aromatic heterocycles. The van der Waals surface area contributed by atoms with Crippen LogP contribution in [0.15, 0.2) is 27.5 Å². The van der Waals surface area contributed by atoms with Gasteiger partial charge in [-0.2, -0.15) is 0 Å². The van der Waals surface area contributed by atoms with Gasteiger partial charge in [-0.1, -0.05) is 17.7 Å². The molecule has 0 fully saturated rings. The number of aryl methyl sites for hydroxylation is 3. The summed E-state index contributed by atoms with van der Waals surface area (Å²) in [5.74, 6) is 1.01. The summed E-state index contributed by atoms with van der Waals surface area (Å²) in [6, 6.07) is 4.61. The van der Waals surface area contributed by atoms with Crippen LogP contribution >= 0.6 is 11.6 Å². The van der Waals surface area contributed by atoms with E-state index in [2.05, 4.69) is 9.71 Å². The highest BCUT2D eigenvalue weighted by Gasteiger charge is 2.17. The van der Waals surface area contributed by atoms with Gasteiger partial charge in [0.25, 0.3) is 0 Å². The predicted molar refractivity (Wildman–Crippen MR) is 76.2 cm³/mol. The fourth-order valence-electron chi connectivity index (χ4n) is 1.72. The van der Waals surface area contributed by atoms with Crippen LogP contribution in [0.25, 0.3) is 0 Å². The van der Waals surface area contributed by atoms with Crippen molar-refractivity contribution in [2.24, 2.45) is 0 Å². The van der Waals surface area contributed by atoms with Crippen LogP contribution in [0.1, 0.15) is 22.9 Å². The Bertz CT molecular complexity index is 738. The molecule has 0 amide bonds. The molecule has 0 aliphatic carbocycles. The molecule has 1 heterocycles. The van der Waals surface area contributed by atoms with E-state index < -0.39 is 10.0 Å². The van der Waals surface area contributed by atoms with Gasteiger partial charge in [-0.05, 0) is 31.5 Å². The molecular weight excluding hydrogens is 300 g/mol. The first-order valence-corrected chi connectivity index (χ1v) is 7.84. The van der Waals surface area contributed by atoms with Gasteiger partial charge < -0.3 is 4.42 Å². The topological polar surface area (TPSA) is 72.2 Å². The minimum atomic E-state index is -3.63. The third-order valence-electron chi connectivity index (χ3n) is 2.88. The van der Waals surface area contributed by atoms with Crippen LogP contribution in [0.2, 0.25) is 5.02 Å². The average Bonchev–Trinajstić information content (AvgIpc) is 2.69. The highest BCUT2D eigenvalue weighted by Crippen LogP contribution is 2.20. The number of aromatic nitrogens is 1. The van der Waals surface area contributed by atoms with Gasteiger partial charge >= 0.3 is 0 Å². The summed E-state index contributed by atoms with van der Waals surface area (Å²) < 4.78 is 32.1. The van der Waals surface area contributed by atoms with Crippen LogP contribution in [0.4, 0.5) is 0 Å². The van der Waals surface area contributed by atoms with Crippen LogP contribution in [-0.4, -0.2) is 13.4 Å². The Morgan fingerprint density at radius 2 is 2.00 bits per heavy atom. The summed E-state index contributed by atoms with van der Waals surface area (Å²) in [6.07, 6.45) is 0. The Morgan fingerprint density at radius 3 is 2.55 bits per heavy atom. The molecule has 0 saturated carbocycles. The molecule has 7 heteroatoms. The Balaban J connectivity index is 2.19. The van der Waals surface area contributed by atoms with E-state index in [9.17, 15) is 8.42 Å². The Hall–Kier alpha value is -1.37. The molecule has 0 spiro atoms. The number of hydrogen-bond acceptors (Lipinski definition) is 4. The summed E-state index contributed by atoms with van der Waals surface area (Å²) >= 11 is 5.94. The van der Waals surface area contributed by atoms with Crippen molar-refractivity contribution in [1.29, 1.82) is 0 Å². The zero-order valence-electron chi connectivity index (χ0n) is 11.4. The van der Waals surface area contributed by atoms with Gasteiger partial charge in [0, 0.05) is 11.9 Å². The molecule has 2 rings (SSSR count). The monoisotopic (exact) mass is 314 g/mol. The van der Waals surface area contributed by atoms with Gasteiger partial charge in [-0.3, -0.25) is 0 Å². The van der Waals surface area contributed by atoms with Crippen molar-refractivity contribution in [3.05, 3.63) is 46.1 Å². The quantitative estimate of drug-likeness (QED) is 0.941. The normalized spacial score (nSPS) is 11.8. The van der Waals surface area contributed by atoms with E-state index in [-0.39, 0.29) is 11.4 Å². The fourth-order valence-corrected chi connectivity index (χ4v) is 2.98. The molecule has 0 saturated heterocycles.